The SMILES string of the molecule is O=C(Nc1cccnc1)c1cc(NS(=O)(=O)c2ccc(F)cc2F)cc2c1CC(=O)C21CCC1. The van der Waals surface area contributed by atoms with Gasteiger partial charge in [-0.05, 0) is 60.4 Å². The smallest absolute Gasteiger partial charge is 0.264 e. The van der Waals surface area contributed by atoms with Crippen molar-refractivity contribution in [2.75, 3.05) is 10.0 Å². The van der Waals surface area contributed by atoms with E-state index < -0.39 is 37.9 Å². The third kappa shape index (κ3) is 3.63. The van der Waals surface area contributed by atoms with Gasteiger partial charge in [0.15, 0.2) is 0 Å². The molecule has 1 heterocycles. The maximum atomic E-state index is 14.2. The van der Waals surface area contributed by atoms with Crippen LogP contribution in [0.4, 0.5) is 20.2 Å². The first-order valence-electron chi connectivity index (χ1n) is 10.6. The van der Waals surface area contributed by atoms with E-state index in [1.807, 2.05) is 0 Å². The predicted molar refractivity (Wildman–Crippen MR) is 120 cm³/mol. The molecule has 7 nitrogen and oxygen atoms in total. The number of carbonyl (C=O) groups is 2. The van der Waals surface area contributed by atoms with Gasteiger partial charge >= 0.3 is 0 Å². The fraction of sp³-hybridized carbons (Fsp3) is 0.208. The van der Waals surface area contributed by atoms with Crippen molar-refractivity contribution in [3.63, 3.8) is 0 Å². The molecule has 2 aliphatic rings. The zero-order chi connectivity index (χ0) is 24.1. The summed E-state index contributed by atoms with van der Waals surface area (Å²) in [6.45, 7) is 0. The molecule has 0 bridgehead atoms. The summed E-state index contributed by atoms with van der Waals surface area (Å²) in [6, 6.07) is 8.31. The molecule has 1 aromatic heterocycles. The van der Waals surface area contributed by atoms with Crippen molar-refractivity contribution < 1.29 is 26.8 Å². The first-order valence-corrected chi connectivity index (χ1v) is 12.1. The number of hydrogen-bond donors (Lipinski definition) is 2. The van der Waals surface area contributed by atoms with Gasteiger partial charge in [0.25, 0.3) is 15.9 Å². The fourth-order valence-corrected chi connectivity index (χ4v) is 5.75. The molecular weight excluding hydrogens is 464 g/mol. The van der Waals surface area contributed by atoms with E-state index in [0.29, 0.717) is 35.7 Å². The third-order valence-corrected chi connectivity index (χ3v) is 7.86. The lowest BCUT2D eigenvalue weighted by molar-refractivity contribution is -0.125. The molecule has 5 rings (SSSR count). The van der Waals surface area contributed by atoms with Crippen molar-refractivity contribution in [3.05, 3.63) is 83.2 Å². The molecular formula is C24H19F2N3O4S. The summed E-state index contributed by atoms with van der Waals surface area (Å²) >= 11 is 0. The second kappa shape index (κ2) is 7.98. The highest BCUT2D eigenvalue weighted by molar-refractivity contribution is 7.92. The molecule has 2 aromatic carbocycles. The lowest BCUT2D eigenvalue weighted by Crippen LogP contribution is -2.39. The van der Waals surface area contributed by atoms with Crippen molar-refractivity contribution in [2.24, 2.45) is 0 Å². The van der Waals surface area contributed by atoms with Crippen LogP contribution in [0.5, 0.6) is 0 Å². The third-order valence-electron chi connectivity index (χ3n) is 6.44. The van der Waals surface area contributed by atoms with Crippen molar-refractivity contribution in [2.45, 2.75) is 36.0 Å². The lowest BCUT2D eigenvalue weighted by Gasteiger charge is -2.37. The number of aromatic nitrogens is 1. The number of sulfonamides is 1. The predicted octanol–water partition coefficient (Wildman–Crippen LogP) is 3.96. The summed E-state index contributed by atoms with van der Waals surface area (Å²) in [6.07, 6.45) is 5.16. The topological polar surface area (TPSA) is 105 Å². The van der Waals surface area contributed by atoms with Crippen LogP contribution in [0.15, 0.2) is 59.8 Å². The summed E-state index contributed by atoms with van der Waals surface area (Å²) in [5, 5.41) is 2.71. The molecule has 34 heavy (non-hydrogen) atoms. The highest BCUT2D eigenvalue weighted by Crippen LogP contribution is 2.52. The number of amides is 1. The van der Waals surface area contributed by atoms with Crippen LogP contribution in [-0.2, 0) is 26.7 Å². The Morgan fingerprint density at radius 2 is 1.85 bits per heavy atom. The summed E-state index contributed by atoms with van der Waals surface area (Å²) in [5.41, 5.74) is 1.03. The number of hydrogen-bond acceptors (Lipinski definition) is 5. The van der Waals surface area contributed by atoms with Crippen LogP contribution < -0.4 is 10.0 Å². The van der Waals surface area contributed by atoms with E-state index in [1.165, 1.54) is 12.3 Å². The Kier molecular flexibility index (Phi) is 5.20. The van der Waals surface area contributed by atoms with Gasteiger partial charge < -0.3 is 5.32 Å². The maximum Gasteiger partial charge on any atom is 0.264 e. The van der Waals surface area contributed by atoms with Gasteiger partial charge in [-0.2, -0.15) is 0 Å². The quantitative estimate of drug-likeness (QED) is 0.572. The number of fused-ring (bicyclic) bond motifs is 2. The largest absolute Gasteiger partial charge is 0.321 e. The van der Waals surface area contributed by atoms with E-state index in [0.717, 1.165) is 18.6 Å². The second-order valence-corrected chi connectivity index (χ2v) is 10.1. The number of ketones is 1. The molecule has 1 spiro atoms. The van der Waals surface area contributed by atoms with E-state index in [-0.39, 0.29) is 23.5 Å². The number of Topliss-reactive ketones (excluding diaryl/α,β-unsaturated/α-hetero) is 1. The molecule has 0 aliphatic heterocycles. The molecule has 1 saturated carbocycles. The number of halogens is 2. The Morgan fingerprint density at radius 3 is 2.50 bits per heavy atom. The van der Waals surface area contributed by atoms with Gasteiger partial charge in [-0.25, -0.2) is 17.2 Å². The standard InChI is InChI=1S/C24H19F2N3O4S/c25-14-4-5-21(20(26)9-14)34(32,33)29-16-10-18(23(31)28-15-3-1-8-27-13-15)17-12-22(30)24(6-2-7-24)19(17)11-16/h1,3-5,8-11,13,29H,2,6-7,12H2,(H,28,31). The molecule has 0 atom stereocenters. The molecule has 2 aliphatic carbocycles. The lowest BCUT2D eigenvalue weighted by atomic mass is 9.64. The number of pyridine rings is 1. The van der Waals surface area contributed by atoms with Crippen molar-refractivity contribution >= 4 is 33.1 Å². The number of anilines is 2. The van der Waals surface area contributed by atoms with Crippen LogP contribution in [0.3, 0.4) is 0 Å². The van der Waals surface area contributed by atoms with Gasteiger partial charge in [0.05, 0.1) is 17.3 Å². The first kappa shape index (κ1) is 22.1. The van der Waals surface area contributed by atoms with Crippen LogP contribution in [0.1, 0.15) is 40.7 Å². The Hall–Kier alpha value is -3.66. The molecule has 10 heteroatoms. The molecule has 3 aromatic rings. The van der Waals surface area contributed by atoms with E-state index >= 15 is 0 Å². The zero-order valence-electron chi connectivity index (χ0n) is 17.8. The van der Waals surface area contributed by atoms with Crippen molar-refractivity contribution in [3.8, 4) is 0 Å². The first-order chi connectivity index (χ1) is 16.2. The summed E-state index contributed by atoms with van der Waals surface area (Å²) < 4.78 is 55.5. The molecule has 0 unspecified atom stereocenters. The van der Waals surface area contributed by atoms with Gasteiger partial charge in [-0.1, -0.05) is 6.42 Å². The minimum Gasteiger partial charge on any atom is -0.321 e. The molecule has 1 amide bonds. The van der Waals surface area contributed by atoms with Crippen molar-refractivity contribution in [1.29, 1.82) is 0 Å². The van der Waals surface area contributed by atoms with Gasteiger partial charge in [-0.15, -0.1) is 0 Å². The second-order valence-electron chi connectivity index (χ2n) is 8.46. The minimum absolute atomic E-state index is 0.00577. The highest BCUT2D eigenvalue weighted by atomic mass is 32.2. The average molecular weight is 483 g/mol. The van der Waals surface area contributed by atoms with Gasteiger partial charge in [0.1, 0.15) is 22.3 Å². The molecule has 174 valence electrons. The number of nitrogens with zero attached hydrogens (tertiary/aromatic N) is 1. The zero-order valence-corrected chi connectivity index (χ0v) is 18.6. The molecule has 1 fully saturated rings. The van der Waals surface area contributed by atoms with Gasteiger partial charge in [0.2, 0.25) is 0 Å². The number of benzene rings is 2. The monoisotopic (exact) mass is 483 g/mol. The molecule has 0 saturated heterocycles. The minimum atomic E-state index is -4.44. The van der Waals surface area contributed by atoms with Crippen LogP contribution >= 0.6 is 0 Å². The number of rotatable bonds is 5. The van der Waals surface area contributed by atoms with Crippen LogP contribution in [-0.4, -0.2) is 25.1 Å². The van der Waals surface area contributed by atoms with Crippen LogP contribution in [0, 0.1) is 11.6 Å². The number of nitrogens with one attached hydrogen (secondary N) is 2. The summed E-state index contributed by atoms with van der Waals surface area (Å²) in [7, 11) is -4.44. The van der Waals surface area contributed by atoms with Gasteiger partial charge in [0, 0.05) is 29.9 Å². The van der Waals surface area contributed by atoms with Crippen LogP contribution in [0.25, 0.3) is 0 Å². The number of carbonyl (C=O) groups excluding carboxylic acids is 2. The van der Waals surface area contributed by atoms with E-state index in [4.69, 9.17) is 0 Å². The van der Waals surface area contributed by atoms with Crippen LogP contribution in [0.2, 0.25) is 0 Å². The Balaban J connectivity index is 1.58. The van der Waals surface area contributed by atoms with E-state index in [2.05, 4.69) is 15.0 Å². The molecule has 0 radical (unpaired) electrons. The van der Waals surface area contributed by atoms with Gasteiger partial charge in [-0.3, -0.25) is 19.3 Å². The maximum absolute atomic E-state index is 14.2. The Labute approximate surface area is 194 Å². The summed E-state index contributed by atoms with van der Waals surface area (Å²) in [4.78, 5) is 29.3. The molecule has 2 N–H and O–H groups in total. The fourth-order valence-electron chi connectivity index (χ4n) is 4.65. The van der Waals surface area contributed by atoms with E-state index in [9.17, 15) is 26.8 Å². The summed E-state index contributed by atoms with van der Waals surface area (Å²) in [5.74, 6) is -2.68. The average Bonchev–Trinajstić information content (AvgIpc) is 3.05. The van der Waals surface area contributed by atoms with E-state index in [1.54, 1.807) is 24.4 Å². The highest BCUT2D eigenvalue weighted by Gasteiger charge is 2.51. The van der Waals surface area contributed by atoms with Crippen molar-refractivity contribution in [1.82, 2.24) is 4.98 Å². The normalized spacial score (nSPS) is 16.1. The Bertz CT molecular complexity index is 1440. The Morgan fingerprint density at radius 1 is 1.06 bits per heavy atom.